The minimum atomic E-state index is -0.222. The van der Waals surface area contributed by atoms with E-state index < -0.39 is 0 Å². The van der Waals surface area contributed by atoms with Gasteiger partial charge in [0.2, 0.25) is 5.91 Å². The van der Waals surface area contributed by atoms with E-state index in [9.17, 15) is 4.79 Å². The minimum Gasteiger partial charge on any atom is -0.457 e. The molecular weight excluding hydrogens is 268 g/mol. The van der Waals surface area contributed by atoms with Gasteiger partial charge in [0.15, 0.2) is 0 Å². The molecule has 0 unspecified atom stereocenters. The van der Waals surface area contributed by atoms with Crippen molar-refractivity contribution in [2.45, 2.75) is 0 Å². The van der Waals surface area contributed by atoms with Gasteiger partial charge in [-0.2, -0.15) is 0 Å². The molecule has 5 heteroatoms. The molecule has 2 rings (SSSR count). The Hall–Kier alpha value is -2.37. The number of hydrogen-bond donors (Lipinski definition) is 2. The van der Waals surface area contributed by atoms with E-state index in [0.717, 1.165) is 5.75 Å². The van der Waals surface area contributed by atoms with E-state index >= 15 is 0 Å². The number of nitrogens with two attached hydrogens (primary N) is 1. The smallest absolute Gasteiger partial charge is 0.250 e. The van der Waals surface area contributed by atoms with Crippen LogP contribution in [0.15, 0.2) is 54.6 Å². The van der Waals surface area contributed by atoms with Crippen LogP contribution in [0.4, 0.5) is 5.69 Å². The number of nitrogens with one attached hydrogen (secondary N) is 1. The SMILES string of the molecule is NCCOCC(=O)Nc1cccc(Oc2ccccc2)c1. The Morgan fingerprint density at radius 1 is 1.05 bits per heavy atom. The predicted octanol–water partition coefficient (Wildman–Crippen LogP) is 2.39. The Bertz CT molecular complexity index is 573. The monoisotopic (exact) mass is 286 g/mol. The molecule has 0 aromatic heterocycles. The number of benzene rings is 2. The van der Waals surface area contributed by atoms with Gasteiger partial charge >= 0.3 is 0 Å². The summed E-state index contributed by atoms with van der Waals surface area (Å²) in [6.45, 7) is 0.749. The van der Waals surface area contributed by atoms with Crippen LogP contribution >= 0.6 is 0 Å². The molecular formula is C16H18N2O3. The summed E-state index contributed by atoms with van der Waals surface area (Å²) in [6.07, 6.45) is 0. The first-order chi connectivity index (χ1) is 10.3. The summed E-state index contributed by atoms with van der Waals surface area (Å²) in [6, 6.07) is 16.6. The van der Waals surface area contributed by atoms with Crippen molar-refractivity contribution >= 4 is 11.6 Å². The summed E-state index contributed by atoms with van der Waals surface area (Å²) in [4.78, 5) is 11.6. The van der Waals surface area contributed by atoms with Crippen molar-refractivity contribution in [3.05, 3.63) is 54.6 Å². The number of amides is 1. The van der Waals surface area contributed by atoms with E-state index in [1.54, 1.807) is 12.1 Å². The number of ether oxygens (including phenoxy) is 2. The fourth-order valence-corrected chi connectivity index (χ4v) is 1.71. The number of rotatable bonds is 7. The van der Waals surface area contributed by atoms with Crippen LogP contribution in [0.5, 0.6) is 11.5 Å². The third-order valence-corrected chi connectivity index (χ3v) is 2.59. The first-order valence-corrected chi connectivity index (χ1v) is 6.68. The summed E-state index contributed by atoms with van der Waals surface area (Å²) in [5, 5.41) is 2.74. The van der Waals surface area contributed by atoms with Crippen LogP contribution in [0, 0.1) is 0 Å². The number of carbonyl (C=O) groups is 1. The lowest BCUT2D eigenvalue weighted by Gasteiger charge is -2.09. The second kappa shape index (κ2) is 8.04. The predicted molar refractivity (Wildman–Crippen MR) is 81.5 cm³/mol. The normalized spacial score (nSPS) is 10.1. The molecule has 0 saturated heterocycles. The maximum absolute atomic E-state index is 11.6. The highest BCUT2D eigenvalue weighted by atomic mass is 16.5. The van der Waals surface area contributed by atoms with Gasteiger partial charge in [-0.1, -0.05) is 24.3 Å². The maximum Gasteiger partial charge on any atom is 0.250 e. The van der Waals surface area contributed by atoms with E-state index in [4.69, 9.17) is 15.2 Å². The maximum atomic E-state index is 11.6. The standard InChI is InChI=1S/C16H18N2O3/c17-9-10-20-12-16(19)18-13-5-4-8-15(11-13)21-14-6-2-1-3-7-14/h1-8,11H,9-10,12,17H2,(H,18,19). The van der Waals surface area contributed by atoms with Crippen LogP contribution in [-0.2, 0) is 9.53 Å². The molecule has 0 radical (unpaired) electrons. The minimum absolute atomic E-state index is 0.0129. The molecule has 0 fully saturated rings. The van der Waals surface area contributed by atoms with Gasteiger partial charge < -0.3 is 20.5 Å². The Morgan fingerprint density at radius 2 is 1.81 bits per heavy atom. The van der Waals surface area contributed by atoms with Crippen LogP contribution in [0.3, 0.4) is 0 Å². The summed E-state index contributed by atoms with van der Waals surface area (Å²) in [5.74, 6) is 1.18. The third kappa shape index (κ3) is 5.25. The van der Waals surface area contributed by atoms with E-state index in [2.05, 4.69) is 5.32 Å². The van der Waals surface area contributed by atoms with Crippen LogP contribution in [0.2, 0.25) is 0 Å². The van der Waals surface area contributed by atoms with Crippen molar-refractivity contribution in [1.29, 1.82) is 0 Å². The molecule has 0 aliphatic carbocycles. The van der Waals surface area contributed by atoms with Crippen LogP contribution in [0.25, 0.3) is 0 Å². The molecule has 0 aliphatic heterocycles. The number of para-hydroxylation sites is 1. The number of anilines is 1. The van der Waals surface area contributed by atoms with E-state index in [1.165, 1.54) is 0 Å². The lowest BCUT2D eigenvalue weighted by atomic mass is 10.3. The average Bonchev–Trinajstić information content (AvgIpc) is 2.49. The zero-order valence-corrected chi connectivity index (χ0v) is 11.6. The van der Waals surface area contributed by atoms with Gasteiger partial charge in [-0.05, 0) is 24.3 Å². The molecule has 1 amide bonds. The van der Waals surface area contributed by atoms with Gasteiger partial charge in [-0.25, -0.2) is 0 Å². The average molecular weight is 286 g/mol. The van der Waals surface area contributed by atoms with Crippen molar-refractivity contribution in [2.75, 3.05) is 25.1 Å². The molecule has 21 heavy (non-hydrogen) atoms. The van der Waals surface area contributed by atoms with Crippen LogP contribution in [0.1, 0.15) is 0 Å². The molecule has 2 aromatic carbocycles. The largest absolute Gasteiger partial charge is 0.457 e. The molecule has 0 aliphatic rings. The first kappa shape index (κ1) is 15.0. The van der Waals surface area contributed by atoms with Gasteiger partial charge in [-0.15, -0.1) is 0 Å². The molecule has 0 spiro atoms. The highest BCUT2D eigenvalue weighted by molar-refractivity contribution is 5.91. The molecule has 3 N–H and O–H groups in total. The molecule has 0 atom stereocenters. The fraction of sp³-hybridized carbons (Fsp3) is 0.188. The van der Waals surface area contributed by atoms with Gasteiger partial charge in [0.1, 0.15) is 18.1 Å². The molecule has 2 aromatic rings. The number of hydrogen-bond acceptors (Lipinski definition) is 4. The van der Waals surface area contributed by atoms with Crippen molar-refractivity contribution in [3.8, 4) is 11.5 Å². The molecule has 0 saturated carbocycles. The van der Waals surface area contributed by atoms with Crippen LogP contribution < -0.4 is 15.8 Å². The van der Waals surface area contributed by atoms with Gasteiger partial charge in [0.25, 0.3) is 0 Å². The van der Waals surface area contributed by atoms with Crippen molar-refractivity contribution in [2.24, 2.45) is 5.73 Å². The van der Waals surface area contributed by atoms with Crippen molar-refractivity contribution in [3.63, 3.8) is 0 Å². The molecule has 0 bridgehead atoms. The van der Waals surface area contributed by atoms with E-state index in [1.807, 2.05) is 42.5 Å². The van der Waals surface area contributed by atoms with Gasteiger partial charge in [0, 0.05) is 18.3 Å². The molecule has 5 nitrogen and oxygen atoms in total. The molecule has 0 heterocycles. The van der Waals surface area contributed by atoms with Gasteiger partial charge in [-0.3, -0.25) is 4.79 Å². The second-order valence-electron chi connectivity index (χ2n) is 4.33. The fourth-order valence-electron chi connectivity index (χ4n) is 1.71. The third-order valence-electron chi connectivity index (χ3n) is 2.59. The molecule has 110 valence electrons. The Morgan fingerprint density at radius 3 is 2.57 bits per heavy atom. The Kier molecular flexibility index (Phi) is 5.75. The summed E-state index contributed by atoms with van der Waals surface area (Å²) < 4.78 is 10.8. The summed E-state index contributed by atoms with van der Waals surface area (Å²) in [7, 11) is 0. The first-order valence-electron chi connectivity index (χ1n) is 6.68. The Labute approximate surface area is 123 Å². The summed E-state index contributed by atoms with van der Waals surface area (Å²) >= 11 is 0. The second-order valence-corrected chi connectivity index (χ2v) is 4.33. The lowest BCUT2D eigenvalue weighted by Crippen LogP contribution is -2.20. The zero-order chi connectivity index (χ0) is 14.9. The van der Waals surface area contributed by atoms with Crippen molar-refractivity contribution < 1.29 is 14.3 Å². The number of carbonyl (C=O) groups excluding carboxylic acids is 1. The topological polar surface area (TPSA) is 73.6 Å². The van der Waals surface area contributed by atoms with Gasteiger partial charge in [0.05, 0.1) is 6.61 Å². The quantitative estimate of drug-likeness (QED) is 0.766. The van der Waals surface area contributed by atoms with Crippen molar-refractivity contribution in [1.82, 2.24) is 0 Å². The lowest BCUT2D eigenvalue weighted by molar-refractivity contribution is -0.120. The zero-order valence-electron chi connectivity index (χ0n) is 11.6. The summed E-state index contributed by atoms with van der Waals surface area (Å²) in [5.41, 5.74) is 5.94. The van der Waals surface area contributed by atoms with E-state index in [-0.39, 0.29) is 12.5 Å². The highest BCUT2D eigenvalue weighted by Gasteiger charge is 2.04. The Balaban J connectivity index is 1.93. The highest BCUT2D eigenvalue weighted by Crippen LogP contribution is 2.23. The van der Waals surface area contributed by atoms with Crippen LogP contribution in [-0.4, -0.2) is 25.7 Å². The van der Waals surface area contributed by atoms with E-state index in [0.29, 0.717) is 24.6 Å².